The second kappa shape index (κ2) is 12.5. The number of ether oxygens (including phenoxy) is 1. The summed E-state index contributed by atoms with van der Waals surface area (Å²) in [4.78, 5) is 49.9. The van der Waals surface area contributed by atoms with Gasteiger partial charge < -0.3 is 20.7 Å². The number of nitrogens with zero attached hydrogens (tertiary/aromatic N) is 5. The fraction of sp³-hybridized carbons (Fsp3) is 0.342. The second-order valence-corrected chi connectivity index (χ2v) is 14.2. The molecule has 1 spiro atoms. The van der Waals surface area contributed by atoms with Gasteiger partial charge in [-0.25, -0.2) is 19.6 Å². The summed E-state index contributed by atoms with van der Waals surface area (Å²) in [7, 11) is 4.77. The Hall–Kier alpha value is -5.20. The molecule has 2 fully saturated rings. The van der Waals surface area contributed by atoms with Crippen molar-refractivity contribution in [2.45, 2.75) is 44.2 Å². The second-order valence-electron chi connectivity index (χ2n) is 13.8. The summed E-state index contributed by atoms with van der Waals surface area (Å²) < 4.78 is 8.48. The molecule has 12 nitrogen and oxygen atoms in total. The van der Waals surface area contributed by atoms with E-state index in [0.717, 1.165) is 82.5 Å². The predicted molar refractivity (Wildman–Crippen MR) is 198 cm³/mol. The topological polar surface area (TPSA) is 135 Å². The minimum absolute atomic E-state index is 0.0841. The zero-order chi connectivity index (χ0) is 35.6. The van der Waals surface area contributed by atoms with E-state index in [-0.39, 0.29) is 17.6 Å². The van der Waals surface area contributed by atoms with Crippen molar-refractivity contribution in [3.8, 4) is 28.3 Å². The number of carbonyl (C=O) groups is 1. The molecule has 3 aliphatic rings. The van der Waals surface area contributed by atoms with Gasteiger partial charge in [0.25, 0.3) is 5.56 Å². The molecule has 5 heterocycles. The molecule has 8 rings (SSSR count). The number of fused-ring (bicyclic) bond motifs is 2. The highest BCUT2D eigenvalue weighted by molar-refractivity contribution is 6.36. The molecule has 2 aliphatic heterocycles. The van der Waals surface area contributed by atoms with Gasteiger partial charge in [-0.3, -0.25) is 18.8 Å². The quantitative estimate of drug-likeness (QED) is 0.219. The van der Waals surface area contributed by atoms with Gasteiger partial charge in [0, 0.05) is 68.3 Å². The summed E-state index contributed by atoms with van der Waals surface area (Å²) >= 11 is 7.25. The first kappa shape index (κ1) is 33.0. The van der Waals surface area contributed by atoms with Crippen molar-refractivity contribution in [3.05, 3.63) is 97.3 Å². The first-order valence-electron chi connectivity index (χ1n) is 17.2. The molecule has 51 heavy (non-hydrogen) atoms. The Morgan fingerprint density at radius 1 is 1.02 bits per heavy atom. The number of likely N-dealkylation sites (tertiary alicyclic amines) is 1. The number of carbonyl (C=O) groups excluding carboxylic acids is 1. The third kappa shape index (κ3) is 5.44. The van der Waals surface area contributed by atoms with Crippen molar-refractivity contribution in [2.75, 3.05) is 32.1 Å². The average molecular weight is 707 g/mol. The summed E-state index contributed by atoms with van der Waals surface area (Å²) in [6.45, 7) is 4.40. The first-order chi connectivity index (χ1) is 24.6. The van der Waals surface area contributed by atoms with E-state index in [9.17, 15) is 14.4 Å². The van der Waals surface area contributed by atoms with Crippen LogP contribution >= 0.6 is 11.6 Å². The number of hydrogen-bond acceptors (Lipinski definition) is 8. The molecule has 262 valence electrons. The maximum atomic E-state index is 13.2. The molecule has 0 radical (unpaired) electrons. The molecule has 2 atom stereocenters. The molecule has 0 saturated carbocycles. The fourth-order valence-electron chi connectivity index (χ4n) is 8.23. The molecule has 0 unspecified atom stereocenters. The summed E-state index contributed by atoms with van der Waals surface area (Å²) in [5.74, 6) is 0.969. The van der Waals surface area contributed by atoms with Crippen molar-refractivity contribution in [2.24, 2.45) is 14.1 Å². The Bertz CT molecular complexity index is 2370. The maximum Gasteiger partial charge on any atom is 0.330 e. The lowest BCUT2D eigenvalue weighted by molar-refractivity contribution is 0.187. The van der Waals surface area contributed by atoms with E-state index in [2.05, 4.69) is 31.9 Å². The number of rotatable bonds is 6. The van der Waals surface area contributed by atoms with Crippen LogP contribution in [0.4, 0.5) is 16.3 Å². The van der Waals surface area contributed by atoms with Crippen molar-refractivity contribution < 1.29 is 9.53 Å². The smallest absolute Gasteiger partial charge is 0.330 e. The lowest BCUT2D eigenvalue weighted by Gasteiger charge is -2.36. The molecule has 1 aliphatic carbocycles. The summed E-state index contributed by atoms with van der Waals surface area (Å²) in [5.41, 5.74) is 6.76. The number of urea groups is 1. The minimum atomic E-state index is -0.420. The van der Waals surface area contributed by atoms with Crippen LogP contribution in [0.2, 0.25) is 5.02 Å². The number of amides is 2. The number of pyridine rings is 2. The molecule has 3 aromatic heterocycles. The summed E-state index contributed by atoms with van der Waals surface area (Å²) in [6, 6.07) is 15.7. The molecule has 0 bridgehead atoms. The number of anilines is 2. The van der Waals surface area contributed by atoms with Gasteiger partial charge in [-0.05, 0) is 67.5 Å². The van der Waals surface area contributed by atoms with E-state index in [1.54, 1.807) is 26.4 Å². The van der Waals surface area contributed by atoms with Crippen LogP contribution in [0.1, 0.15) is 42.0 Å². The number of benzene rings is 2. The zero-order valence-corrected chi connectivity index (χ0v) is 29.7. The van der Waals surface area contributed by atoms with Crippen LogP contribution in [0.25, 0.3) is 33.3 Å². The lowest BCUT2D eigenvalue weighted by atomic mass is 9.93. The van der Waals surface area contributed by atoms with Crippen LogP contribution in [0.3, 0.4) is 0 Å². The van der Waals surface area contributed by atoms with Gasteiger partial charge in [0.15, 0.2) is 0 Å². The highest BCUT2D eigenvalue weighted by Crippen LogP contribution is 2.46. The Balaban J connectivity index is 1.12. The minimum Gasteiger partial charge on any atom is -0.481 e. The maximum absolute atomic E-state index is 13.2. The molecule has 13 heteroatoms. The van der Waals surface area contributed by atoms with Gasteiger partial charge >= 0.3 is 11.7 Å². The normalized spacial score (nSPS) is 20.0. The van der Waals surface area contributed by atoms with E-state index >= 15 is 0 Å². The number of aryl methyl sites for hydroxylation is 2. The summed E-state index contributed by atoms with van der Waals surface area (Å²) in [5, 5.41) is 10.3. The average Bonchev–Trinajstić information content (AvgIpc) is 3.74. The van der Waals surface area contributed by atoms with Crippen molar-refractivity contribution in [1.29, 1.82) is 0 Å². The van der Waals surface area contributed by atoms with Crippen LogP contribution in [0, 0.1) is 6.92 Å². The Morgan fingerprint density at radius 3 is 2.61 bits per heavy atom. The monoisotopic (exact) mass is 706 g/mol. The van der Waals surface area contributed by atoms with E-state index in [1.807, 2.05) is 43.3 Å². The van der Waals surface area contributed by atoms with Gasteiger partial charge in [0.1, 0.15) is 11.2 Å². The van der Waals surface area contributed by atoms with Gasteiger partial charge in [0.05, 0.1) is 28.9 Å². The molecule has 2 aromatic carbocycles. The van der Waals surface area contributed by atoms with Gasteiger partial charge in [-0.1, -0.05) is 41.9 Å². The van der Waals surface area contributed by atoms with E-state index < -0.39 is 11.2 Å². The molecule has 2 amide bonds. The number of nitrogens with one attached hydrogen (secondary N) is 3. The van der Waals surface area contributed by atoms with E-state index in [0.29, 0.717) is 34.2 Å². The largest absolute Gasteiger partial charge is 0.481 e. The standard InChI is InChI=1S/C38H39ClN8O4/c1-21-23(7-6-10-26(21)42-33-31-28(13-16-40-33)45(2)37(50)46(3)35(31)48)24-8-5-9-25(32(24)39)27-19-22-11-12-29(30(22)34(43-27)51-4)47-18-15-38(20-47)14-17-41-36(49)44-38/h5-10,13,16,19,29H,11-12,14-15,17-18,20H2,1-4H3,(H,40,42)(H2,41,44,49)/t29-,38-/m1/s1. The highest BCUT2D eigenvalue weighted by Gasteiger charge is 2.45. The van der Waals surface area contributed by atoms with Gasteiger partial charge in [0.2, 0.25) is 5.88 Å². The van der Waals surface area contributed by atoms with E-state index in [4.69, 9.17) is 21.3 Å². The van der Waals surface area contributed by atoms with Crippen LogP contribution < -0.4 is 31.9 Å². The SMILES string of the molecule is COc1nc(-c2cccc(-c3cccc(Nc4nccc5c4c(=O)n(C)c(=O)n5C)c3C)c2Cl)cc2c1[C@H](N1CC[C@]3(CCNC(=O)N3)C1)CC2. The summed E-state index contributed by atoms with van der Waals surface area (Å²) in [6.07, 6.45) is 5.28. The van der Waals surface area contributed by atoms with Crippen LogP contribution in [-0.4, -0.2) is 62.3 Å². The third-order valence-electron chi connectivity index (χ3n) is 10.9. The number of halogens is 1. The van der Waals surface area contributed by atoms with Crippen molar-refractivity contribution >= 4 is 40.0 Å². The van der Waals surface area contributed by atoms with Crippen LogP contribution in [0.5, 0.6) is 5.88 Å². The Morgan fingerprint density at radius 2 is 1.80 bits per heavy atom. The lowest BCUT2D eigenvalue weighted by Crippen LogP contribution is -2.59. The zero-order valence-electron chi connectivity index (χ0n) is 29.0. The Kier molecular flexibility index (Phi) is 8.10. The van der Waals surface area contributed by atoms with Crippen molar-refractivity contribution in [3.63, 3.8) is 0 Å². The van der Waals surface area contributed by atoms with Gasteiger partial charge in [-0.2, -0.15) is 0 Å². The fourth-order valence-corrected chi connectivity index (χ4v) is 8.55. The van der Waals surface area contributed by atoms with Gasteiger partial charge in [-0.15, -0.1) is 0 Å². The van der Waals surface area contributed by atoms with Crippen molar-refractivity contribution in [1.82, 2.24) is 34.6 Å². The molecule has 5 aromatic rings. The highest BCUT2D eigenvalue weighted by atomic mass is 35.5. The number of methoxy groups -OCH3 is 1. The number of aromatic nitrogens is 4. The molecule has 2 saturated heterocycles. The first-order valence-corrected chi connectivity index (χ1v) is 17.6. The molecular weight excluding hydrogens is 668 g/mol. The molecular formula is C38H39ClN8O4. The molecule has 3 N–H and O–H groups in total. The Labute approximate surface area is 299 Å². The third-order valence-corrected chi connectivity index (χ3v) is 11.4. The van der Waals surface area contributed by atoms with E-state index in [1.165, 1.54) is 17.2 Å². The van der Waals surface area contributed by atoms with Crippen LogP contribution in [-0.2, 0) is 20.5 Å². The van der Waals surface area contributed by atoms with Crippen LogP contribution in [0.15, 0.2) is 64.3 Å². The predicted octanol–water partition coefficient (Wildman–Crippen LogP) is 5.21. The number of hydrogen-bond donors (Lipinski definition) is 3.